The molecule has 0 heterocycles. The lowest BCUT2D eigenvalue weighted by molar-refractivity contribution is -0.163. The first kappa shape index (κ1) is 13.2. The minimum Gasteiger partial charge on any atom is -0.479 e. The van der Waals surface area contributed by atoms with Crippen molar-refractivity contribution in [3.63, 3.8) is 0 Å². The Morgan fingerprint density at radius 2 is 2.12 bits per heavy atom. The summed E-state index contributed by atoms with van der Waals surface area (Å²) in [6, 6.07) is 0. The van der Waals surface area contributed by atoms with E-state index in [-0.39, 0.29) is 5.92 Å². The lowest BCUT2D eigenvalue weighted by Crippen LogP contribution is -2.38. The highest BCUT2D eigenvalue weighted by Crippen LogP contribution is 2.25. The van der Waals surface area contributed by atoms with Gasteiger partial charge >= 0.3 is 5.97 Å². The van der Waals surface area contributed by atoms with Crippen LogP contribution in [0.4, 0.5) is 0 Å². The van der Waals surface area contributed by atoms with Crippen LogP contribution in [0.25, 0.3) is 0 Å². The molecule has 1 aliphatic rings. The lowest BCUT2D eigenvalue weighted by atomic mass is 9.89. The zero-order chi connectivity index (χ0) is 12.1. The Hall–Kier alpha value is -0.870. The Morgan fingerprint density at radius 1 is 1.44 bits per heavy atom. The number of hydrogen-bond acceptors (Lipinski definition) is 3. The van der Waals surface area contributed by atoms with Gasteiger partial charge in [0.25, 0.3) is 0 Å². The molecule has 0 aromatic carbocycles. The molecule has 4 nitrogen and oxygen atoms in total. The van der Waals surface area contributed by atoms with E-state index in [9.17, 15) is 9.90 Å². The Morgan fingerprint density at radius 3 is 2.56 bits per heavy atom. The summed E-state index contributed by atoms with van der Waals surface area (Å²) in [6.45, 7) is 3.30. The van der Waals surface area contributed by atoms with E-state index in [0.717, 1.165) is 19.3 Å². The molecule has 4 atom stereocenters. The van der Waals surface area contributed by atoms with Crippen molar-refractivity contribution >= 4 is 5.97 Å². The second-order valence-corrected chi connectivity index (χ2v) is 4.39. The molecule has 0 radical (unpaired) electrons. The predicted octanol–water partition coefficient (Wildman–Crippen LogP) is 1.58. The van der Waals surface area contributed by atoms with Crippen molar-refractivity contribution in [2.24, 2.45) is 5.92 Å². The van der Waals surface area contributed by atoms with Gasteiger partial charge in [-0.1, -0.05) is 12.2 Å². The molecule has 0 amide bonds. The third kappa shape index (κ3) is 3.61. The average Bonchev–Trinajstić information content (AvgIpc) is 2.26. The van der Waals surface area contributed by atoms with Crippen molar-refractivity contribution in [2.75, 3.05) is 0 Å². The third-order valence-corrected chi connectivity index (χ3v) is 3.02. The van der Waals surface area contributed by atoms with Crippen LogP contribution in [0.1, 0.15) is 33.1 Å². The molecule has 16 heavy (non-hydrogen) atoms. The van der Waals surface area contributed by atoms with Gasteiger partial charge in [-0.15, -0.1) is 0 Å². The zero-order valence-corrected chi connectivity index (χ0v) is 9.80. The Kier molecular flexibility index (Phi) is 4.96. The molecule has 92 valence electrons. The maximum atomic E-state index is 11.1. The second-order valence-electron chi connectivity index (χ2n) is 4.39. The fourth-order valence-electron chi connectivity index (χ4n) is 1.81. The van der Waals surface area contributed by atoms with Crippen molar-refractivity contribution in [3.05, 3.63) is 12.2 Å². The molecule has 1 rings (SSSR count). The van der Waals surface area contributed by atoms with E-state index in [1.165, 1.54) is 0 Å². The smallest absolute Gasteiger partial charge is 0.333 e. The SMILES string of the molecule is CC(O)C(C)OC(C(=O)O)C1CC=CCC1. The van der Waals surface area contributed by atoms with Gasteiger partial charge in [-0.25, -0.2) is 4.79 Å². The highest BCUT2D eigenvalue weighted by atomic mass is 16.5. The van der Waals surface area contributed by atoms with E-state index in [4.69, 9.17) is 9.84 Å². The number of carboxylic acids is 1. The fraction of sp³-hybridized carbons (Fsp3) is 0.750. The van der Waals surface area contributed by atoms with Crippen molar-refractivity contribution < 1.29 is 19.7 Å². The van der Waals surface area contributed by atoms with Gasteiger partial charge in [0.1, 0.15) is 0 Å². The molecule has 0 bridgehead atoms. The minimum atomic E-state index is -0.937. The normalized spacial score (nSPS) is 26.1. The lowest BCUT2D eigenvalue weighted by Gasteiger charge is -2.28. The number of aliphatic hydroxyl groups is 1. The quantitative estimate of drug-likeness (QED) is 0.701. The van der Waals surface area contributed by atoms with Gasteiger partial charge in [0, 0.05) is 0 Å². The first-order chi connectivity index (χ1) is 7.52. The molecule has 0 spiro atoms. The maximum absolute atomic E-state index is 11.1. The minimum absolute atomic E-state index is 0.0173. The van der Waals surface area contributed by atoms with Crippen LogP contribution >= 0.6 is 0 Å². The number of ether oxygens (including phenoxy) is 1. The Bertz CT molecular complexity index is 260. The first-order valence-electron chi connectivity index (χ1n) is 5.73. The van der Waals surface area contributed by atoms with Gasteiger partial charge in [0.15, 0.2) is 6.10 Å². The van der Waals surface area contributed by atoms with Gasteiger partial charge in [-0.05, 0) is 39.0 Å². The Balaban J connectivity index is 2.60. The molecule has 0 saturated carbocycles. The zero-order valence-electron chi connectivity index (χ0n) is 9.80. The number of aliphatic hydroxyl groups excluding tert-OH is 1. The van der Waals surface area contributed by atoms with E-state index in [1.54, 1.807) is 13.8 Å². The molecular weight excluding hydrogens is 208 g/mol. The molecule has 4 heteroatoms. The van der Waals surface area contributed by atoms with Crippen molar-refractivity contribution in [1.29, 1.82) is 0 Å². The van der Waals surface area contributed by atoms with Crippen LogP contribution in [0.5, 0.6) is 0 Å². The van der Waals surface area contributed by atoms with Crippen molar-refractivity contribution in [1.82, 2.24) is 0 Å². The maximum Gasteiger partial charge on any atom is 0.333 e. The number of rotatable bonds is 5. The summed E-state index contributed by atoms with van der Waals surface area (Å²) in [6.07, 6.45) is 4.63. The molecule has 0 fully saturated rings. The van der Waals surface area contributed by atoms with E-state index in [0.29, 0.717) is 0 Å². The third-order valence-electron chi connectivity index (χ3n) is 3.02. The molecule has 0 aliphatic heterocycles. The second kappa shape index (κ2) is 6.01. The van der Waals surface area contributed by atoms with Gasteiger partial charge in [-0.3, -0.25) is 0 Å². The van der Waals surface area contributed by atoms with Gasteiger partial charge in [0.05, 0.1) is 12.2 Å². The topological polar surface area (TPSA) is 66.8 Å². The van der Waals surface area contributed by atoms with E-state index < -0.39 is 24.3 Å². The summed E-state index contributed by atoms with van der Waals surface area (Å²) in [5.41, 5.74) is 0. The van der Waals surface area contributed by atoms with Crippen LogP contribution in [0.3, 0.4) is 0 Å². The summed E-state index contributed by atoms with van der Waals surface area (Å²) in [5.74, 6) is -0.920. The summed E-state index contributed by atoms with van der Waals surface area (Å²) < 4.78 is 5.43. The number of carboxylic acid groups (broad SMARTS) is 1. The van der Waals surface area contributed by atoms with Crippen LogP contribution in [-0.2, 0) is 9.53 Å². The summed E-state index contributed by atoms with van der Waals surface area (Å²) in [4.78, 5) is 11.1. The number of carbonyl (C=O) groups is 1. The molecular formula is C12H20O4. The highest BCUT2D eigenvalue weighted by molar-refractivity contribution is 5.72. The Labute approximate surface area is 95.9 Å². The summed E-state index contributed by atoms with van der Waals surface area (Å²) >= 11 is 0. The largest absolute Gasteiger partial charge is 0.479 e. The van der Waals surface area contributed by atoms with E-state index in [2.05, 4.69) is 6.08 Å². The summed E-state index contributed by atoms with van der Waals surface area (Å²) in [7, 11) is 0. The van der Waals surface area contributed by atoms with Gasteiger partial charge < -0.3 is 14.9 Å². The van der Waals surface area contributed by atoms with Crippen LogP contribution in [0.2, 0.25) is 0 Å². The number of aliphatic carboxylic acids is 1. The van der Waals surface area contributed by atoms with E-state index in [1.807, 2.05) is 6.08 Å². The molecule has 1 aliphatic carbocycles. The van der Waals surface area contributed by atoms with E-state index >= 15 is 0 Å². The molecule has 2 N–H and O–H groups in total. The fourth-order valence-corrected chi connectivity index (χ4v) is 1.81. The molecule has 0 saturated heterocycles. The standard InChI is InChI=1S/C12H20O4/c1-8(13)9(2)16-11(12(14)15)10-6-4-3-5-7-10/h3-4,8-11,13H,5-7H2,1-2H3,(H,14,15). The van der Waals surface area contributed by atoms with Crippen LogP contribution in [-0.4, -0.2) is 34.5 Å². The monoisotopic (exact) mass is 228 g/mol. The first-order valence-corrected chi connectivity index (χ1v) is 5.73. The highest BCUT2D eigenvalue weighted by Gasteiger charge is 2.31. The van der Waals surface area contributed by atoms with Gasteiger partial charge in [0.2, 0.25) is 0 Å². The van der Waals surface area contributed by atoms with Crippen molar-refractivity contribution in [2.45, 2.75) is 51.4 Å². The molecule has 0 aromatic rings. The number of allylic oxidation sites excluding steroid dienone is 2. The number of hydrogen-bond donors (Lipinski definition) is 2. The van der Waals surface area contributed by atoms with Gasteiger partial charge in [-0.2, -0.15) is 0 Å². The molecule has 0 aromatic heterocycles. The van der Waals surface area contributed by atoms with Crippen molar-refractivity contribution in [3.8, 4) is 0 Å². The average molecular weight is 228 g/mol. The summed E-state index contributed by atoms with van der Waals surface area (Å²) in [5, 5.41) is 18.4. The van der Waals surface area contributed by atoms with Crippen LogP contribution < -0.4 is 0 Å². The van der Waals surface area contributed by atoms with Crippen LogP contribution in [0, 0.1) is 5.92 Å². The predicted molar refractivity (Wildman–Crippen MR) is 60.1 cm³/mol. The molecule has 4 unspecified atom stereocenters. The van der Waals surface area contributed by atoms with Crippen LogP contribution in [0.15, 0.2) is 12.2 Å².